The molecule has 1 aliphatic rings. The molecule has 0 atom stereocenters. The van der Waals surface area contributed by atoms with Gasteiger partial charge in [0.15, 0.2) is 0 Å². The number of hydrogen-bond acceptors (Lipinski definition) is 5. The van der Waals surface area contributed by atoms with Crippen LogP contribution < -0.4 is 20.7 Å². The predicted molar refractivity (Wildman–Crippen MR) is 132 cm³/mol. The van der Waals surface area contributed by atoms with Gasteiger partial charge in [-0.1, -0.05) is 18.9 Å². The highest BCUT2D eigenvalue weighted by Crippen LogP contribution is 2.29. The van der Waals surface area contributed by atoms with Crippen molar-refractivity contribution in [1.82, 2.24) is 9.62 Å². The minimum absolute atomic E-state index is 0.0189. The molecule has 0 unspecified atom stereocenters. The van der Waals surface area contributed by atoms with Crippen LogP contribution in [0.2, 0.25) is 0 Å². The molecule has 1 aliphatic heterocycles. The van der Waals surface area contributed by atoms with Gasteiger partial charge in [0.05, 0.1) is 7.11 Å². The fraction of sp³-hybridized carbons (Fsp3) is 0.333. The summed E-state index contributed by atoms with van der Waals surface area (Å²) < 4.78 is 33.4. The highest BCUT2D eigenvalue weighted by Gasteiger charge is 2.29. The number of rotatable bonds is 8. The summed E-state index contributed by atoms with van der Waals surface area (Å²) in [5, 5.41) is 8.02. The minimum Gasteiger partial charge on any atom is -0.495 e. The van der Waals surface area contributed by atoms with Crippen molar-refractivity contribution in [3.8, 4) is 5.75 Å². The van der Waals surface area contributed by atoms with E-state index in [0.29, 0.717) is 31.0 Å². The average Bonchev–Trinajstić information content (AvgIpc) is 3.14. The summed E-state index contributed by atoms with van der Waals surface area (Å²) in [7, 11) is -2.40. The molecule has 182 valence electrons. The summed E-state index contributed by atoms with van der Waals surface area (Å²) in [6.07, 6.45) is 5.19. The van der Waals surface area contributed by atoms with Gasteiger partial charge in [0, 0.05) is 36.6 Å². The summed E-state index contributed by atoms with van der Waals surface area (Å²) in [5.74, 6) is -0.259. The molecule has 1 saturated heterocycles. The molecule has 2 aromatic rings. The van der Waals surface area contributed by atoms with Crippen LogP contribution in [0.4, 0.5) is 16.2 Å². The smallest absolute Gasteiger partial charge is 0.319 e. The lowest BCUT2D eigenvalue weighted by Gasteiger charge is -2.21. The number of carbonyl (C=O) groups excluding carboxylic acids is 2. The van der Waals surface area contributed by atoms with Crippen molar-refractivity contribution < 1.29 is 22.7 Å². The molecule has 0 aromatic heterocycles. The number of nitrogens with zero attached hydrogens (tertiary/aromatic N) is 1. The molecule has 10 heteroatoms. The van der Waals surface area contributed by atoms with E-state index in [1.54, 1.807) is 30.3 Å². The number of nitrogens with one attached hydrogen (secondary N) is 3. The summed E-state index contributed by atoms with van der Waals surface area (Å²) in [5.41, 5.74) is 1.24. The van der Waals surface area contributed by atoms with Crippen LogP contribution in [0.15, 0.2) is 60.0 Å². The maximum absolute atomic E-state index is 13.3. The van der Waals surface area contributed by atoms with Gasteiger partial charge in [-0.05, 0) is 55.3 Å². The Morgan fingerprint density at radius 1 is 1.00 bits per heavy atom. The molecule has 3 amide bonds. The lowest BCUT2D eigenvalue weighted by atomic mass is 10.2. The third-order valence-corrected chi connectivity index (χ3v) is 7.34. The number of benzene rings is 2. The first-order valence-corrected chi connectivity index (χ1v) is 12.5. The van der Waals surface area contributed by atoms with Gasteiger partial charge in [0.1, 0.15) is 10.6 Å². The van der Waals surface area contributed by atoms with E-state index in [1.807, 2.05) is 0 Å². The lowest BCUT2D eigenvalue weighted by Crippen LogP contribution is -2.32. The Hall–Kier alpha value is -3.37. The zero-order valence-electron chi connectivity index (χ0n) is 19.2. The van der Waals surface area contributed by atoms with Crippen molar-refractivity contribution in [3.63, 3.8) is 0 Å². The van der Waals surface area contributed by atoms with Crippen LogP contribution in [0.5, 0.6) is 5.75 Å². The van der Waals surface area contributed by atoms with E-state index in [0.717, 1.165) is 25.7 Å². The lowest BCUT2D eigenvalue weighted by molar-refractivity contribution is 0.102. The fourth-order valence-electron chi connectivity index (χ4n) is 3.62. The third-order valence-electron chi connectivity index (χ3n) is 5.42. The number of urea groups is 1. The molecular formula is C24H30N4O5S. The largest absolute Gasteiger partial charge is 0.495 e. The number of anilines is 2. The maximum atomic E-state index is 13.3. The molecule has 0 saturated carbocycles. The molecule has 0 aliphatic carbocycles. The molecule has 9 nitrogen and oxygen atoms in total. The molecule has 34 heavy (non-hydrogen) atoms. The topological polar surface area (TPSA) is 117 Å². The van der Waals surface area contributed by atoms with Crippen LogP contribution in [-0.4, -0.2) is 51.4 Å². The molecule has 3 rings (SSSR count). The van der Waals surface area contributed by atoms with E-state index in [4.69, 9.17) is 4.74 Å². The fourth-order valence-corrected chi connectivity index (χ4v) is 5.32. The Bertz CT molecular complexity index is 1120. The van der Waals surface area contributed by atoms with Gasteiger partial charge >= 0.3 is 6.03 Å². The van der Waals surface area contributed by atoms with Crippen LogP contribution in [0.25, 0.3) is 0 Å². The number of methoxy groups -OCH3 is 1. The second-order valence-electron chi connectivity index (χ2n) is 7.84. The van der Waals surface area contributed by atoms with Gasteiger partial charge in [0.25, 0.3) is 5.91 Å². The molecule has 0 bridgehead atoms. The van der Waals surface area contributed by atoms with Gasteiger partial charge < -0.3 is 20.7 Å². The number of sulfonamides is 1. The number of carbonyl (C=O) groups is 2. The van der Waals surface area contributed by atoms with E-state index in [-0.39, 0.29) is 22.2 Å². The van der Waals surface area contributed by atoms with Crippen LogP contribution >= 0.6 is 0 Å². The molecule has 0 radical (unpaired) electrons. The van der Waals surface area contributed by atoms with E-state index in [2.05, 4.69) is 22.5 Å². The van der Waals surface area contributed by atoms with Gasteiger partial charge in [-0.3, -0.25) is 4.79 Å². The van der Waals surface area contributed by atoms with Gasteiger partial charge in [0.2, 0.25) is 10.0 Å². The van der Waals surface area contributed by atoms with E-state index in [9.17, 15) is 18.0 Å². The van der Waals surface area contributed by atoms with Crippen LogP contribution in [0.1, 0.15) is 36.0 Å². The second kappa shape index (κ2) is 11.7. The second-order valence-corrected chi connectivity index (χ2v) is 9.75. The Balaban J connectivity index is 1.75. The monoisotopic (exact) mass is 486 g/mol. The Kier molecular flexibility index (Phi) is 8.67. The minimum atomic E-state index is -3.80. The quantitative estimate of drug-likeness (QED) is 0.491. The van der Waals surface area contributed by atoms with E-state index < -0.39 is 15.9 Å². The number of amides is 3. The Morgan fingerprint density at radius 2 is 1.62 bits per heavy atom. The van der Waals surface area contributed by atoms with Crippen LogP contribution in [0.3, 0.4) is 0 Å². The number of hydrogen-bond donors (Lipinski definition) is 3. The van der Waals surface area contributed by atoms with Crippen molar-refractivity contribution in [2.24, 2.45) is 0 Å². The van der Waals surface area contributed by atoms with E-state index in [1.165, 1.54) is 29.6 Å². The summed E-state index contributed by atoms with van der Waals surface area (Å²) in [6.45, 7) is 4.78. The third kappa shape index (κ3) is 6.36. The normalized spacial score (nSPS) is 14.5. The first-order valence-electron chi connectivity index (χ1n) is 11.1. The van der Waals surface area contributed by atoms with Crippen molar-refractivity contribution in [2.75, 3.05) is 37.4 Å². The van der Waals surface area contributed by atoms with Crippen molar-refractivity contribution >= 4 is 33.3 Å². The zero-order valence-corrected chi connectivity index (χ0v) is 20.0. The van der Waals surface area contributed by atoms with Crippen molar-refractivity contribution in [1.29, 1.82) is 0 Å². The summed E-state index contributed by atoms with van der Waals surface area (Å²) >= 11 is 0. The van der Waals surface area contributed by atoms with Crippen LogP contribution in [-0.2, 0) is 10.0 Å². The summed E-state index contributed by atoms with van der Waals surface area (Å²) in [4.78, 5) is 24.6. The Labute approximate surface area is 200 Å². The molecule has 0 spiro atoms. The highest BCUT2D eigenvalue weighted by atomic mass is 32.2. The standard InChI is InChI=1S/C24H30N4O5S/c1-3-14-25-24(30)27-20-11-9-19(10-12-20)26-23(29)18-8-13-21(33-2)22(17-18)34(31,32)28-15-6-4-5-7-16-28/h3,8-13,17H,1,4-7,14-16H2,2H3,(H,26,29)(H2,25,27,30). The molecule has 1 fully saturated rings. The van der Waals surface area contributed by atoms with Gasteiger partial charge in [-0.2, -0.15) is 4.31 Å². The zero-order chi connectivity index (χ0) is 24.6. The van der Waals surface area contributed by atoms with Crippen LogP contribution in [0, 0.1) is 0 Å². The van der Waals surface area contributed by atoms with Gasteiger partial charge in [-0.15, -0.1) is 6.58 Å². The van der Waals surface area contributed by atoms with Crippen molar-refractivity contribution in [3.05, 3.63) is 60.7 Å². The highest BCUT2D eigenvalue weighted by molar-refractivity contribution is 7.89. The van der Waals surface area contributed by atoms with E-state index >= 15 is 0 Å². The maximum Gasteiger partial charge on any atom is 0.319 e. The molecule has 2 aromatic carbocycles. The Morgan fingerprint density at radius 3 is 2.21 bits per heavy atom. The molecule has 1 heterocycles. The first-order chi connectivity index (χ1) is 16.3. The predicted octanol–water partition coefficient (Wildman–Crippen LogP) is 3.82. The first kappa shape index (κ1) is 25.3. The van der Waals surface area contributed by atoms with Crippen molar-refractivity contribution in [2.45, 2.75) is 30.6 Å². The summed E-state index contributed by atoms with van der Waals surface area (Å²) in [6, 6.07) is 10.6. The molecular weight excluding hydrogens is 456 g/mol. The number of ether oxygens (including phenoxy) is 1. The molecule has 3 N–H and O–H groups in total. The SMILES string of the molecule is C=CCNC(=O)Nc1ccc(NC(=O)c2ccc(OC)c(S(=O)(=O)N3CCCCCC3)c2)cc1. The average molecular weight is 487 g/mol. The van der Waals surface area contributed by atoms with Gasteiger partial charge in [-0.25, -0.2) is 13.2 Å².